The summed E-state index contributed by atoms with van der Waals surface area (Å²) in [5.41, 5.74) is 0. The van der Waals surface area contributed by atoms with E-state index in [0.717, 1.165) is 0 Å². The molecule has 0 bridgehead atoms. The average molecular weight is 267 g/mol. The summed E-state index contributed by atoms with van der Waals surface area (Å²) in [6.45, 7) is 0.454. The van der Waals surface area contributed by atoms with E-state index in [1.807, 2.05) is 0 Å². The number of H-pyrrole nitrogens is 1. The Balaban J connectivity index is 1.63. The quantitative estimate of drug-likeness (QED) is 0.593. The predicted octanol–water partition coefficient (Wildman–Crippen LogP) is -0.100. The predicted molar refractivity (Wildman–Crippen MR) is 65.4 cm³/mol. The Morgan fingerprint density at radius 1 is 1.47 bits per heavy atom. The van der Waals surface area contributed by atoms with Gasteiger partial charge in [-0.3, -0.25) is 9.89 Å². The van der Waals surface area contributed by atoms with Gasteiger partial charge in [0, 0.05) is 19.0 Å². The second-order valence-electron chi connectivity index (χ2n) is 4.63. The van der Waals surface area contributed by atoms with Crippen LogP contribution in [0.1, 0.15) is 25.1 Å². The van der Waals surface area contributed by atoms with E-state index in [4.69, 9.17) is 5.11 Å². The van der Waals surface area contributed by atoms with Crippen LogP contribution in [0.15, 0.2) is 6.33 Å². The molecule has 0 aliphatic heterocycles. The highest BCUT2D eigenvalue weighted by Crippen LogP contribution is 2.25. The van der Waals surface area contributed by atoms with Crippen LogP contribution in [0.25, 0.3) is 0 Å². The summed E-state index contributed by atoms with van der Waals surface area (Å²) in [5.74, 6) is -0.401. The zero-order valence-electron chi connectivity index (χ0n) is 10.4. The molecule has 8 nitrogen and oxygen atoms in total. The summed E-state index contributed by atoms with van der Waals surface area (Å²) < 4.78 is 0. The van der Waals surface area contributed by atoms with Crippen molar-refractivity contribution in [3.05, 3.63) is 12.2 Å². The molecule has 0 saturated heterocycles. The van der Waals surface area contributed by atoms with Crippen molar-refractivity contribution >= 4 is 12.0 Å². The maximum absolute atomic E-state index is 11.6. The molecular weight excluding hydrogens is 250 g/mol. The standard InChI is InChI=1S/C11H17N5O3/c17-10(18)7-1-2-8(5-7)15-11(19)12-4-3-9-13-6-14-16-9/h6-8H,1-5H2,(H,17,18)(H2,12,15,19)(H,13,14,16)/t7-,8+/m1/s1. The van der Waals surface area contributed by atoms with E-state index in [9.17, 15) is 9.59 Å². The van der Waals surface area contributed by atoms with E-state index in [-0.39, 0.29) is 18.0 Å². The smallest absolute Gasteiger partial charge is 0.315 e. The maximum Gasteiger partial charge on any atom is 0.315 e. The Bertz CT molecular complexity index is 434. The van der Waals surface area contributed by atoms with Crippen LogP contribution < -0.4 is 10.6 Å². The van der Waals surface area contributed by atoms with Gasteiger partial charge in [0.15, 0.2) is 0 Å². The van der Waals surface area contributed by atoms with Gasteiger partial charge in [-0.05, 0) is 19.3 Å². The topological polar surface area (TPSA) is 120 Å². The minimum Gasteiger partial charge on any atom is -0.481 e. The Morgan fingerprint density at radius 3 is 2.95 bits per heavy atom. The summed E-state index contributed by atoms with van der Waals surface area (Å²) in [6.07, 6.45) is 3.84. The van der Waals surface area contributed by atoms with E-state index in [1.54, 1.807) is 0 Å². The van der Waals surface area contributed by atoms with Crippen LogP contribution in [0.2, 0.25) is 0 Å². The van der Waals surface area contributed by atoms with Gasteiger partial charge in [0.05, 0.1) is 5.92 Å². The SMILES string of the molecule is O=C(NCCc1ncn[nH]1)N[C@H]1CC[C@@H](C(=O)O)C1. The number of aliphatic carboxylic acids is 1. The number of urea groups is 1. The molecule has 0 spiro atoms. The molecule has 1 aromatic heterocycles. The van der Waals surface area contributed by atoms with Gasteiger partial charge in [0.25, 0.3) is 0 Å². The fourth-order valence-electron chi connectivity index (χ4n) is 2.22. The molecule has 0 aromatic carbocycles. The molecule has 104 valence electrons. The van der Waals surface area contributed by atoms with E-state index < -0.39 is 5.97 Å². The maximum atomic E-state index is 11.6. The van der Waals surface area contributed by atoms with E-state index in [0.29, 0.717) is 38.1 Å². The number of carboxylic acids is 1. The second-order valence-corrected chi connectivity index (χ2v) is 4.63. The molecule has 0 radical (unpaired) electrons. The molecule has 1 heterocycles. The van der Waals surface area contributed by atoms with Crippen molar-refractivity contribution in [3.63, 3.8) is 0 Å². The Morgan fingerprint density at radius 2 is 2.32 bits per heavy atom. The minimum absolute atomic E-state index is 0.0496. The van der Waals surface area contributed by atoms with Crippen molar-refractivity contribution in [2.24, 2.45) is 5.92 Å². The number of amides is 2. The van der Waals surface area contributed by atoms with Crippen LogP contribution in [0.5, 0.6) is 0 Å². The van der Waals surface area contributed by atoms with Crippen LogP contribution in [0, 0.1) is 5.92 Å². The highest BCUT2D eigenvalue weighted by molar-refractivity contribution is 5.75. The summed E-state index contributed by atoms with van der Waals surface area (Å²) in [7, 11) is 0. The highest BCUT2D eigenvalue weighted by atomic mass is 16.4. The molecule has 1 fully saturated rings. The lowest BCUT2D eigenvalue weighted by Gasteiger charge is -2.13. The molecule has 0 unspecified atom stereocenters. The number of carbonyl (C=O) groups excluding carboxylic acids is 1. The van der Waals surface area contributed by atoms with Crippen LogP contribution in [0.4, 0.5) is 4.79 Å². The molecular formula is C11H17N5O3. The molecule has 2 rings (SSSR count). The lowest BCUT2D eigenvalue weighted by Crippen LogP contribution is -2.42. The van der Waals surface area contributed by atoms with Gasteiger partial charge in [-0.2, -0.15) is 5.10 Å². The Kier molecular flexibility index (Phi) is 4.32. The molecule has 1 saturated carbocycles. The molecule has 2 atom stereocenters. The van der Waals surface area contributed by atoms with Gasteiger partial charge < -0.3 is 15.7 Å². The zero-order chi connectivity index (χ0) is 13.7. The number of aromatic amines is 1. The second kappa shape index (κ2) is 6.17. The first-order valence-electron chi connectivity index (χ1n) is 6.26. The van der Waals surface area contributed by atoms with Crippen molar-refractivity contribution in [1.29, 1.82) is 0 Å². The van der Waals surface area contributed by atoms with Crippen molar-refractivity contribution in [1.82, 2.24) is 25.8 Å². The van der Waals surface area contributed by atoms with Gasteiger partial charge >= 0.3 is 12.0 Å². The zero-order valence-corrected chi connectivity index (χ0v) is 10.4. The van der Waals surface area contributed by atoms with Gasteiger partial charge in [-0.25, -0.2) is 9.78 Å². The van der Waals surface area contributed by atoms with Crippen molar-refractivity contribution in [2.45, 2.75) is 31.7 Å². The van der Waals surface area contributed by atoms with Crippen molar-refractivity contribution in [2.75, 3.05) is 6.54 Å². The first-order chi connectivity index (χ1) is 9.15. The molecule has 1 aromatic rings. The normalized spacial score (nSPS) is 22.1. The summed E-state index contributed by atoms with van der Waals surface area (Å²) in [6, 6.07) is -0.318. The molecule has 4 N–H and O–H groups in total. The van der Waals surface area contributed by atoms with E-state index in [2.05, 4.69) is 25.8 Å². The number of hydrogen-bond acceptors (Lipinski definition) is 4. The molecule has 2 amide bonds. The van der Waals surface area contributed by atoms with E-state index >= 15 is 0 Å². The molecule has 1 aliphatic carbocycles. The van der Waals surface area contributed by atoms with Crippen LogP contribution in [0.3, 0.4) is 0 Å². The summed E-state index contributed by atoms with van der Waals surface area (Å²) in [4.78, 5) is 26.3. The van der Waals surface area contributed by atoms with Crippen molar-refractivity contribution in [3.8, 4) is 0 Å². The van der Waals surface area contributed by atoms with Gasteiger partial charge in [-0.15, -0.1) is 0 Å². The number of nitrogens with zero attached hydrogens (tertiary/aromatic N) is 2. The fraction of sp³-hybridized carbons (Fsp3) is 0.636. The minimum atomic E-state index is -0.782. The summed E-state index contributed by atoms with van der Waals surface area (Å²) >= 11 is 0. The van der Waals surface area contributed by atoms with Crippen LogP contribution >= 0.6 is 0 Å². The average Bonchev–Trinajstić information content (AvgIpc) is 3.00. The number of rotatable bonds is 5. The largest absolute Gasteiger partial charge is 0.481 e. The first-order valence-corrected chi connectivity index (χ1v) is 6.26. The summed E-state index contributed by atoms with van der Waals surface area (Å²) in [5, 5.41) is 20.8. The van der Waals surface area contributed by atoms with Crippen molar-refractivity contribution < 1.29 is 14.7 Å². The number of nitrogens with one attached hydrogen (secondary N) is 3. The van der Waals surface area contributed by atoms with Crippen LogP contribution in [-0.2, 0) is 11.2 Å². The molecule has 19 heavy (non-hydrogen) atoms. The van der Waals surface area contributed by atoms with Gasteiger partial charge in [0.2, 0.25) is 0 Å². The third kappa shape index (κ3) is 3.94. The monoisotopic (exact) mass is 267 g/mol. The third-order valence-electron chi connectivity index (χ3n) is 3.23. The Labute approximate surface area is 110 Å². The van der Waals surface area contributed by atoms with Gasteiger partial charge in [0.1, 0.15) is 12.2 Å². The first kappa shape index (κ1) is 13.3. The Hall–Kier alpha value is -2.12. The van der Waals surface area contributed by atoms with Gasteiger partial charge in [-0.1, -0.05) is 0 Å². The lowest BCUT2D eigenvalue weighted by atomic mass is 10.1. The number of hydrogen-bond donors (Lipinski definition) is 4. The number of carboxylic acid groups (broad SMARTS) is 1. The van der Waals surface area contributed by atoms with E-state index in [1.165, 1.54) is 6.33 Å². The third-order valence-corrected chi connectivity index (χ3v) is 3.23. The molecule has 1 aliphatic rings. The number of aromatic nitrogens is 3. The number of carbonyl (C=O) groups is 2. The van der Waals surface area contributed by atoms with Crippen LogP contribution in [-0.4, -0.2) is 44.9 Å². The highest BCUT2D eigenvalue weighted by Gasteiger charge is 2.30. The fourth-order valence-corrected chi connectivity index (χ4v) is 2.22. The molecule has 8 heteroatoms. The lowest BCUT2D eigenvalue weighted by molar-refractivity contribution is -0.141.